The van der Waals surface area contributed by atoms with Crippen LogP contribution in [0.2, 0.25) is 0 Å². The predicted octanol–water partition coefficient (Wildman–Crippen LogP) is 3.70. The van der Waals surface area contributed by atoms with Crippen LogP contribution in [0.25, 0.3) is 0 Å². The van der Waals surface area contributed by atoms with Crippen molar-refractivity contribution >= 4 is 5.97 Å². The molecule has 28 heavy (non-hydrogen) atoms. The van der Waals surface area contributed by atoms with Crippen molar-refractivity contribution in [3.05, 3.63) is 23.8 Å². The second-order valence-electron chi connectivity index (χ2n) is 8.83. The second kappa shape index (κ2) is 10.0. The molecule has 0 aromatic heterocycles. The Bertz CT molecular complexity index is 570. The SMILES string of the molecule is COC1/C(=C\CCCC(=O)O)[C@H]2CC[C@H](O)[C@@H](/C=C/C(O)C3CCCCC3)[C@@H]12. The highest BCUT2D eigenvalue weighted by Gasteiger charge is 2.53. The molecule has 0 saturated heterocycles. The zero-order chi connectivity index (χ0) is 20.1. The summed E-state index contributed by atoms with van der Waals surface area (Å²) < 4.78 is 5.76. The lowest BCUT2D eigenvalue weighted by molar-refractivity contribution is -0.137. The lowest BCUT2D eigenvalue weighted by Crippen LogP contribution is -2.54. The van der Waals surface area contributed by atoms with Crippen LogP contribution in [-0.4, -0.2) is 46.7 Å². The molecule has 6 atom stereocenters. The second-order valence-corrected chi connectivity index (χ2v) is 8.83. The first-order valence-electron chi connectivity index (χ1n) is 11.0. The topological polar surface area (TPSA) is 87.0 Å². The van der Waals surface area contributed by atoms with Gasteiger partial charge >= 0.3 is 5.97 Å². The van der Waals surface area contributed by atoms with E-state index in [0.717, 1.165) is 32.1 Å². The van der Waals surface area contributed by atoms with E-state index in [0.29, 0.717) is 18.3 Å². The van der Waals surface area contributed by atoms with Crippen molar-refractivity contribution in [2.24, 2.45) is 23.7 Å². The molecule has 3 rings (SSSR count). The number of aliphatic carboxylic acids is 1. The number of rotatable bonds is 8. The van der Waals surface area contributed by atoms with Gasteiger partial charge < -0.3 is 20.1 Å². The lowest BCUT2D eigenvalue weighted by Gasteiger charge is -2.54. The van der Waals surface area contributed by atoms with Crippen LogP contribution in [0.3, 0.4) is 0 Å². The summed E-state index contributed by atoms with van der Waals surface area (Å²) in [6.07, 6.45) is 14.5. The molecule has 0 bridgehead atoms. The fraction of sp³-hybridized carbons (Fsp3) is 0.783. The van der Waals surface area contributed by atoms with Gasteiger partial charge in [0.15, 0.2) is 0 Å². The number of ether oxygens (including phenoxy) is 1. The number of unbranched alkanes of at least 4 members (excludes halogenated alkanes) is 1. The average molecular weight is 393 g/mol. The number of carboxylic acids is 1. The zero-order valence-corrected chi connectivity index (χ0v) is 17.0. The maximum atomic E-state index is 10.7. The highest BCUT2D eigenvalue weighted by Crippen LogP contribution is 2.53. The van der Waals surface area contributed by atoms with Gasteiger partial charge in [0.1, 0.15) is 0 Å². The molecule has 0 amide bonds. The molecule has 3 aliphatic rings. The number of carbonyl (C=O) groups is 1. The van der Waals surface area contributed by atoms with E-state index < -0.39 is 12.1 Å². The van der Waals surface area contributed by atoms with Gasteiger partial charge in [-0.25, -0.2) is 0 Å². The minimum absolute atomic E-state index is 0.00810. The largest absolute Gasteiger partial charge is 0.481 e. The van der Waals surface area contributed by atoms with Crippen molar-refractivity contribution in [2.75, 3.05) is 7.11 Å². The molecular formula is C23H36O5. The molecule has 3 N–H and O–H groups in total. The Morgan fingerprint density at radius 2 is 1.96 bits per heavy atom. The average Bonchev–Trinajstić information content (AvgIpc) is 2.68. The van der Waals surface area contributed by atoms with Crippen molar-refractivity contribution in [1.29, 1.82) is 0 Å². The Labute approximate surface area is 168 Å². The van der Waals surface area contributed by atoms with Crippen molar-refractivity contribution in [3.63, 3.8) is 0 Å². The minimum atomic E-state index is -0.754. The number of aliphatic hydroxyl groups excluding tert-OH is 2. The van der Waals surface area contributed by atoms with Gasteiger partial charge in [0.2, 0.25) is 0 Å². The van der Waals surface area contributed by atoms with Crippen LogP contribution in [0.1, 0.15) is 64.2 Å². The molecule has 158 valence electrons. The van der Waals surface area contributed by atoms with E-state index in [4.69, 9.17) is 9.84 Å². The molecular weight excluding hydrogens is 356 g/mol. The summed E-state index contributed by atoms with van der Waals surface area (Å²) in [7, 11) is 1.71. The van der Waals surface area contributed by atoms with Gasteiger partial charge in [-0.3, -0.25) is 4.79 Å². The summed E-state index contributed by atoms with van der Waals surface area (Å²) in [5, 5.41) is 30.0. The number of aliphatic hydroxyl groups is 2. The van der Waals surface area contributed by atoms with Crippen LogP contribution in [0.15, 0.2) is 23.8 Å². The van der Waals surface area contributed by atoms with Gasteiger partial charge in [0.25, 0.3) is 0 Å². The quantitative estimate of drug-likeness (QED) is 0.433. The van der Waals surface area contributed by atoms with Crippen LogP contribution < -0.4 is 0 Å². The zero-order valence-electron chi connectivity index (χ0n) is 17.0. The minimum Gasteiger partial charge on any atom is -0.481 e. The summed E-state index contributed by atoms with van der Waals surface area (Å²) in [6, 6.07) is 0. The molecule has 5 heteroatoms. The Morgan fingerprint density at radius 3 is 2.64 bits per heavy atom. The number of fused-ring (bicyclic) bond motifs is 1. The van der Waals surface area contributed by atoms with E-state index in [1.807, 2.05) is 12.2 Å². The first-order chi connectivity index (χ1) is 13.5. The van der Waals surface area contributed by atoms with Crippen LogP contribution in [0.4, 0.5) is 0 Å². The highest BCUT2D eigenvalue weighted by molar-refractivity contribution is 5.66. The molecule has 3 fully saturated rings. The Morgan fingerprint density at radius 1 is 1.21 bits per heavy atom. The van der Waals surface area contributed by atoms with Crippen LogP contribution in [-0.2, 0) is 9.53 Å². The maximum absolute atomic E-state index is 10.7. The number of allylic oxidation sites excluding steroid dienone is 1. The van der Waals surface area contributed by atoms with E-state index in [2.05, 4.69) is 6.08 Å². The Hall–Kier alpha value is -1.17. The number of methoxy groups -OCH3 is 1. The summed E-state index contributed by atoms with van der Waals surface area (Å²) >= 11 is 0. The summed E-state index contributed by atoms with van der Waals surface area (Å²) in [4.78, 5) is 10.7. The normalized spacial score (nSPS) is 36.2. The molecule has 0 aromatic carbocycles. The monoisotopic (exact) mass is 392 g/mol. The van der Waals surface area contributed by atoms with Gasteiger partial charge in [-0.1, -0.05) is 37.5 Å². The molecule has 0 spiro atoms. The first kappa shape index (κ1) is 21.5. The number of hydrogen-bond acceptors (Lipinski definition) is 4. The van der Waals surface area contributed by atoms with E-state index in [-0.39, 0.29) is 30.5 Å². The van der Waals surface area contributed by atoms with Gasteiger partial charge in [0, 0.05) is 25.4 Å². The van der Waals surface area contributed by atoms with Gasteiger partial charge in [0.05, 0.1) is 18.3 Å². The molecule has 3 aliphatic carbocycles. The first-order valence-corrected chi connectivity index (χ1v) is 11.0. The molecule has 2 unspecified atom stereocenters. The summed E-state index contributed by atoms with van der Waals surface area (Å²) in [5.74, 6) is 0.258. The third-order valence-electron chi connectivity index (χ3n) is 7.13. The van der Waals surface area contributed by atoms with Gasteiger partial charge in [-0.05, 0) is 55.9 Å². The highest BCUT2D eigenvalue weighted by atomic mass is 16.5. The molecule has 0 aromatic rings. The predicted molar refractivity (Wildman–Crippen MR) is 108 cm³/mol. The van der Waals surface area contributed by atoms with Gasteiger partial charge in [-0.15, -0.1) is 0 Å². The summed E-state index contributed by atoms with van der Waals surface area (Å²) in [6.45, 7) is 0. The standard InChI is InChI=1S/C23H36O5/c1-28-23-17(9-5-6-10-21(26)27)16-11-14-20(25)18(22(16)23)12-13-19(24)15-7-3-2-4-8-15/h9,12-13,15-16,18-20,22-25H,2-8,10-11,14H2,1H3,(H,26,27)/b13-12+,17-9-/t16-,18-,19?,20+,22+,23?/m1/s1. The maximum Gasteiger partial charge on any atom is 0.303 e. The molecule has 0 heterocycles. The molecule has 3 saturated carbocycles. The fourth-order valence-electron chi connectivity index (χ4n) is 5.59. The van der Waals surface area contributed by atoms with E-state index in [1.54, 1.807) is 7.11 Å². The molecule has 0 radical (unpaired) electrons. The van der Waals surface area contributed by atoms with Crippen LogP contribution in [0, 0.1) is 23.7 Å². The van der Waals surface area contributed by atoms with E-state index in [1.165, 1.54) is 24.8 Å². The third kappa shape index (κ3) is 4.87. The van der Waals surface area contributed by atoms with Crippen LogP contribution in [0.5, 0.6) is 0 Å². The van der Waals surface area contributed by atoms with Crippen molar-refractivity contribution in [2.45, 2.75) is 82.5 Å². The van der Waals surface area contributed by atoms with E-state index >= 15 is 0 Å². The lowest BCUT2D eigenvalue weighted by atomic mass is 9.54. The Kier molecular flexibility index (Phi) is 7.72. The van der Waals surface area contributed by atoms with Gasteiger partial charge in [-0.2, -0.15) is 0 Å². The third-order valence-corrected chi connectivity index (χ3v) is 7.13. The smallest absolute Gasteiger partial charge is 0.303 e. The van der Waals surface area contributed by atoms with Crippen molar-refractivity contribution in [3.8, 4) is 0 Å². The molecule has 0 aliphatic heterocycles. The number of hydrogen-bond donors (Lipinski definition) is 3. The van der Waals surface area contributed by atoms with Crippen LogP contribution >= 0.6 is 0 Å². The Balaban J connectivity index is 1.63. The van der Waals surface area contributed by atoms with Crippen molar-refractivity contribution < 1.29 is 24.9 Å². The van der Waals surface area contributed by atoms with Crippen molar-refractivity contribution in [1.82, 2.24) is 0 Å². The fourth-order valence-corrected chi connectivity index (χ4v) is 5.59. The summed E-state index contributed by atoms with van der Waals surface area (Å²) in [5.41, 5.74) is 1.27. The van der Waals surface area contributed by atoms with E-state index in [9.17, 15) is 15.0 Å². The number of carboxylic acid groups (broad SMARTS) is 1. The molecule has 5 nitrogen and oxygen atoms in total.